The summed E-state index contributed by atoms with van der Waals surface area (Å²) in [5, 5.41) is 9.15. The maximum Gasteiger partial charge on any atom is 0.211 e. The molecule has 0 aliphatic carbocycles. The number of rotatable bonds is 3. The van der Waals surface area contributed by atoms with E-state index in [4.69, 9.17) is 12.3 Å². The number of aliphatic hydroxyl groups excluding tert-OH is 2. The molecule has 0 spiro atoms. The lowest BCUT2D eigenvalue weighted by Crippen LogP contribution is -2.49. The van der Waals surface area contributed by atoms with Crippen molar-refractivity contribution in [3.8, 4) is 0 Å². The van der Waals surface area contributed by atoms with Gasteiger partial charge in [0, 0.05) is 0 Å². The van der Waals surface area contributed by atoms with Crippen LogP contribution < -0.4 is 0 Å². The quantitative estimate of drug-likeness (QED) is 0.599. The van der Waals surface area contributed by atoms with E-state index >= 15 is 0 Å². The van der Waals surface area contributed by atoms with Crippen LogP contribution in [0.5, 0.6) is 0 Å². The summed E-state index contributed by atoms with van der Waals surface area (Å²) < 4.78 is 25.1. The molecular weight excluding hydrogens is 160 g/mol. The molecule has 0 aromatic carbocycles. The fourth-order valence-corrected chi connectivity index (χ4v) is 2.01. The normalized spacial score (nSPS) is 56.7. The van der Waals surface area contributed by atoms with E-state index in [-0.39, 0.29) is 12.2 Å². The molecule has 0 unspecified atom stereocenters. The molecular formula is C8H14O4. The molecule has 4 nitrogen and oxygen atoms in total. The van der Waals surface area contributed by atoms with Crippen LogP contribution in [0.2, 0.25) is 0 Å². The second-order valence-corrected chi connectivity index (χ2v) is 3.62. The summed E-state index contributed by atoms with van der Waals surface area (Å²) >= 11 is 0. The standard InChI is InChI=1S/C8H14O4/c1-4-6-7(10)8(12-4,3-11-6)5(2)9/h4-7,9-10H,3H2,1-2H3/t4-,5-,6-,7-,8+/m0/s1/i9T,10T. The molecule has 2 fully saturated rings. The summed E-state index contributed by atoms with van der Waals surface area (Å²) in [6.45, 7) is 3.92. The molecule has 0 amide bonds. The molecule has 2 saturated heterocycles. The van der Waals surface area contributed by atoms with Crippen LogP contribution in [0.15, 0.2) is 0 Å². The molecule has 2 N–H and O–H groups in total. The third-order valence-electron chi connectivity index (χ3n) is 2.84. The van der Waals surface area contributed by atoms with E-state index in [0.29, 0.717) is 6.61 Å². The largest absolute Gasteiger partial charge is 0.390 e. The number of aliphatic hydroxyl groups is 2. The molecule has 0 aromatic rings. The van der Waals surface area contributed by atoms with Crippen molar-refractivity contribution < 1.29 is 19.7 Å². The number of hydrogen-bond acceptors (Lipinski definition) is 4. The van der Waals surface area contributed by atoms with Crippen LogP contribution >= 0.6 is 0 Å². The lowest BCUT2D eigenvalue weighted by Gasteiger charge is -2.31. The van der Waals surface area contributed by atoms with Gasteiger partial charge in [-0.3, -0.25) is 0 Å². The molecule has 12 heavy (non-hydrogen) atoms. The van der Waals surface area contributed by atoms with E-state index in [9.17, 15) is 0 Å². The Morgan fingerprint density at radius 1 is 1.75 bits per heavy atom. The van der Waals surface area contributed by atoms with Crippen molar-refractivity contribution in [2.24, 2.45) is 0 Å². The minimum absolute atomic E-state index is 0.114. The van der Waals surface area contributed by atoms with Crippen LogP contribution in [-0.4, -0.2) is 49.7 Å². The van der Waals surface area contributed by atoms with Gasteiger partial charge in [0.15, 0.2) is 0 Å². The topological polar surface area (TPSA) is 58.9 Å². The zero-order valence-corrected chi connectivity index (χ0v) is 7.15. The summed E-state index contributed by atoms with van der Waals surface area (Å²) in [6, 6.07) is 0. The third-order valence-corrected chi connectivity index (χ3v) is 2.84. The Labute approximate surface area is 74.1 Å². The second kappa shape index (κ2) is 2.42. The van der Waals surface area contributed by atoms with E-state index in [1.165, 1.54) is 0 Å². The van der Waals surface area contributed by atoms with Crippen molar-refractivity contribution in [2.75, 3.05) is 6.61 Å². The van der Waals surface area contributed by atoms with Crippen molar-refractivity contribution in [1.29, 1.82) is 2.86 Å². The Morgan fingerprint density at radius 3 is 3.17 bits per heavy atom. The first kappa shape index (κ1) is 6.32. The molecule has 70 valence electrons. The van der Waals surface area contributed by atoms with Crippen LogP contribution in [0, 0.1) is 0 Å². The molecule has 2 bridgehead atoms. The van der Waals surface area contributed by atoms with Crippen LogP contribution in [0.25, 0.3) is 0 Å². The number of ether oxygens (including phenoxy) is 2. The molecule has 0 radical (unpaired) electrons. The third kappa shape index (κ3) is 0.808. The Hall–Kier alpha value is -0.160. The maximum absolute atomic E-state index is 7.01. The lowest BCUT2D eigenvalue weighted by molar-refractivity contribution is -0.178. The molecule has 2 heterocycles. The van der Waals surface area contributed by atoms with E-state index in [1.54, 1.807) is 6.92 Å². The minimum Gasteiger partial charge on any atom is -0.390 e. The van der Waals surface area contributed by atoms with Crippen molar-refractivity contribution in [3.63, 3.8) is 0 Å². The SMILES string of the molecule is [3H]O[C@@H](C)[C@@]12CO[C@@H]([C@H](C)O1)[C@@H]2O[3H]. The van der Waals surface area contributed by atoms with Crippen molar-refractivity contribution in [1.82, 2.24) is 0 Å². The van der Waals surface area contributed by atoms with Gasteiger partial charge >= 0.3 is 0 Å². The zero-order chi connectivity index (χ0) is 10.3. The molecule has 2 aliphatic rings. The highest BCUT2D eigenvalue weighted by Crippen LogP contribution is 2.41. The monoisotopic (exact) mass is 178 g/mol. The van der Waals surface area contributed by atoms with Gasteiger partial charge in [0.05, 0.1) is 18.8 Å². The summed E-state index contributed by atoms with van der Waals surface area (Å²) in [5.74, 6) is 0. The lowest BCUT2D eigenvalue weighted by atomic mass is 9.93. The number of fused-ring (bicyclic) bond motifs is 2. The smallest absolute Gasteiger partial charge is 0.211 e. The highest BCUT2D eigenvalue weighted by Gasteiger charge is 2.61. The maximum atomic E-state index is 7.01. The summed E-state index contributed by atoms with van der Waals surface area (Å²) in [6.07, 6.45) is -1.26. The van der Waals surface area contributed by atoms with Gasteiger partial charge in [-0.05, 0) is 13.8 Å². The first-order valence-corrected chi connectivity index (χ1v) is 4.19. The molecule has 4 heteroatoms. The van der Waals surface area contributed by atoms with Gasteiger partial charge in [0.2, 0.25) is 2.86 Å². The average Bonchev–Trinajstić information content (AvgIpc) is 2.68. The van der Waals surface area contributed by atoms with Gasteiger partial charge in [0.25, 0.3) is 0 Å². The van der Waals surface area contributed by atoms with Crippen LogP contribution in [0.4, 0.5) is 0 Å². The van der Waals surface area contributed by atoms with Crippen LogP contribution in [0.3, 0.4) is 0 Å². The molecule has 0 aromatic heterocycles. The Kier molecular flexibility index (Phi) is 1.27. The predicted octanol–water partition coefficient (Wildman–Crippen LogP) is -0.716. The Bertz CT molecular complexity index is 227. The van der Waals surface area contributed by atoms with Crippen LogP contribution in [0.1, 0.15) is 13.8 Å². The van der Waals surface area contributed by atoms with E-state index < -0.39 is 17.8 Å². The highest BCUT2D eigenvalue weighted by atomic mass is 16.6. The van der Waals surface area contributed by atoms with Gasteiger partial charge in [0.1, 0.15) is 17.8 Å². The zero-order valence-electron chi connectivity index (χ0n) is 9.15. The van der Waals surface area contributed by atoms with Gasteiger partial charge < -0.3 is 19.7 Å². The van der Waals surface area contributed by atoms with Gasteiger partial charge in [-0.2, -0.15) is 0 Å². The average molecular weight is 178 g/mol. The van der Waals surface area contributed by atoms with Gasteiger partial charge in [-0.15, -0.1) is 0 Å². The second-order valence-electron chi connectivity index (χ2n) is 3.62. The van der Waals surface area contributed by atoms with Crippen molar-refractivity contribution >= 4 is 0 Å². The molecule has 5 atom stereocenters. The van der Waals surface area contributed by atoms with Crippen molar-refractivity contribution in [2.45, 2.75) is 43.9 Å². The van der Waals surface area contributed by atoms with Gasteiger partial charge in [-0.1, -0.05) is 0 Å². The highest BCUT2D eigenvalue weighted by molar-refractivity contribution is 5.09. The van der Waals surface area contributed by atoms with Crippen LogP contribution in [-0.2, 0) is 9.47 Å². The van der Waals surface area contributed by atoms with E-state index in [1.807, 2.05) is 6.92 Å². The predicted molar refractivity (Wildman–Crippen MR) is 40.7 cm³/mol. The summed E-state index contributed by atoms with van der Waals surface area (Å²) in [5.41, 5.74) is -0.784. The van der Waals surface area contributed by atoms with Gasteiger partial charge in [-0.25, -0.2) is 0 Å². The summed E-state index contributed by atoms with van der Waals surface area (Å²) in [4.78, 5) is 0. The minimum atomic E-state index is -0.784. The molecule has 2 rings (SSSR count). The van der Waals surface area contributed by atoms with Crippen molar-refractivity contribution in [3.05, 3.63) is 0 Å². The first-order chi connectivity index (χ1) is 6.65. The first-order valence-electron chi connectivity index (χ1n) is 5.00. The fourth-order valence-electron chi connectivity index (χ4n) is 2.01. The van der Waals surface area contributed by atoms with E-state index in [2.05, 4.69) is 10.2 Å². The Morgan fingerprint density at radius 2 is 2.58 bits per heavy atom. The number of hydrogen-bond donors (Lipinski definition) is 2. The molecule has 0 saturated carbocycles. The fraction of sp³-hybridized carbons (Fsp3) is 1.00. The van der Waals surface area contributed by atoms with E-state index in [0.717, 1.165) is 0 Å². The Balaban J connectivity index is 2.24. The summed E-state index contributed by atoms with van der Waals surface area (Å²) in [7, 11) is 0. The molecule has 2 aliphatic heterocycles.